The van der Waals surface area contributed by atoms with E-state index in [0.29, 0.717) is 11.8 Å². The van der Waals surface area contributed by atoms with Crippen LogP contribution in [0.3, 0.4) is 0 Å². The quantitative estimate of drug-likeness (QED) is 0.726. The van der Waals surface area contributed by atoms with E-state index in [4.69, 9.17) is 0 Å². The number of aliphatic hydroxyl groups excluding tert-OH is 1. The van der Waals surface area contributed by atoms with Crippen molar-refractivity contribution < 1.29 is 5.11 Å². The minimum Gasteiger partial charge on any atom is -0.391 e. The first-order valence-electron chi connectivity index (χ1n) is 5.85. The van der Waals surface area contributed by atoms with Gasteiger partial charge in [0.2, 0.25) is 0 Å². The molecule has 0 heterocycles. The smallest absolute Gasteiger partial charge is 0.0865 e. The molecule has 0 radical (unpaired) electrons. The molecule has 0 aromatic heterocycles. The number of nitriles is 1. The normalized spacial score (nSPS) is 47.7. The van der Waals surface area contributed by atoms with Gasteiger partial charge in [-0.05, 0) is 49.9 Å². The monoisotopic (exact) mass is 191 g/mol. The van der Waals surface area contributed by atoms with Gasteiger partial charge in [0.05, 0.1) is 17.6 Å². The summed E-state index contributed by atoms with van der Waals surface area (Å²) in [4.78, 5) is 0. The fraction of sp³-hybridized carbons (Fsp3) is 0.917. The minimum atomic E-state index is -0.343. The first-order valence-corrected chi connectivity index (χ1v) is 5.85. The maximum absolute atomic E-state index is 10.2. The van der Waals surface area contributed by atoms with Crippen LogP contribution >= 0.6 is 0 Å². The number of rotatable bonds is 2. The number of hydrogen-bond donors (Lipinski definition) is 1. The Kier molecular flexibility index (Phi) is 1.70. The van der Waals surface area contributed by atoms with Crippen LogP contribution in [-0.2, 0) is 0 Å². The number of nitrogens with zero attached hydrogens (tertiary/aromatic N) is 1. The number of fused-ring (bicyclic) bond motifs is 2. The van der Waals surface area contributed by atoms with Crippen molar-refractivity contribution in [3.63, 3.8) is 0 Å². The second-order valence-corrected chi connectivity index (χ2v) is 5.51. The average molecular weight is 191 g/mol. The van der Waals surface area contributed by atoms with E-state index < -0.39 is 0 Å². The molecule has 0 amide bonds. The van der Waals surface area contributed by atoms with Gasteiger partial charge in [0.15, 0.2) is 0 Å². The highest BCUT2D eigenvalue weighted by Crippen LogP contribution is 2.60. The maximum atomic E-state index is 10.2. The van der Waals surface area contributed by atoms with Gasteiger partial charge in [-0.2, -0.15) is 5.26 Å². The molecule has 3 fully saturated rings. The van der Waals surface area contributed by atoms with Gasteiger partial charge in [0, 0.05) is 0 Å². The van der Waals surface area contributed by atoms with Crippen molar-refractivity contribution in [3.05, 3.63) is 0 Å². The standard InChI is InChI=1S/C12H17NO/c13-7-12(11(14)9-2-3-9)6-8-1-4-10(12)5-8/h8-11,14H,1-6H2. The molecule has 3 rings (SSSR count). The Hall–Kier alpha value is -0.550. The van der Waals surface area contributed by atoms with Crippen molar-refractivity contribution >= 4 is 0 Å². The van der Waals surface area contributed by atoms with Crippen LogP contribution in [0.5, 0.6) is 0 Å². The van der Waals surface area contributed by atoms with Crippen molar-refractivity contribution in [2.45, 2.75) is 44.6 Å². The Balaban J connectivity index is 1.88. The molecule has 0 aromatic rings. The first-order chi connectivity index (χ1) is 6.76. The van der Waals surface area contributed by atoms with Crippen molar-refractivity contribution in [3.8, 4) is 6.07 Å². The van der Waals surface area contributed by atoms with E-state index in [-0.39, 0.29) is 11.5 Å². The maximum Gasteiger partial charge on any atom is 0.0865 e. The first kappa shape index (κ1) is 8.73. The molecule has 0 aromatic carbocycles. The zero-order chi connectivity index (χ0) is 9.76. The van der Waals surface area contributed by atoms with Gasteiger partial charge < -0.3 is 5.11 Å². The minimum absolute atomic E-state index is 0.317. The number of hydrogen-bond acceptors (Lipinski definition) is 2. The van der Waals surface area contributed by atoms with Gasteiger partial charge in [-0.25, -0.2) is 0 Å². The molecular formula is C12H17NO. The van der Waals surface area contributed by atoms with E-state index in [1.165, 1.54) is 19.3 Å². The molecule has 0 saturated heterocycles. The zero-order valence-corrected chi connectivity index (χ0v) is 8.45. The molecule has 4 unspecified atom stereocenters. The molecule has 3 saturated carbocycles. The van der Waals surface area contributed by atoms with E-state index in [0.717, 1.165) is 25.2 Å². The third kappa shape index (κ3) is 0.995. The Morgan fingerprint density at radius 3 is 2.50 bits per heavy atom. The van der Waals surface area contributed by atoms with Crippen LogP contribution < -0.4 is 0 Å². The van der Waals surface area contributed by atoms with Crippen LogP contribution in [0.25, 0.3) is 0 Å². The molecule has 2 heteroatoms. The van der Waals surface area contributed by atoms with E-state index in [9.17, 15) is 10.4 Å². The molecule has 3 aliphatic carbocycles. The van der Waals surface area contributed by atoms with Gasteiger partial charge in [-0.15, -0.1) is 0 Å². The van der Waals surface area contributed by atoms with E-state index in [1.54, 1.807) is 0 Å². The highest BCUT2D eigenvalue weighted by molar-refractivity contribution is 5.16. The Morgan fingerprint density at radius 1 is 1.29 bits per heavy atom. The van der Waals surface area contributed by atoms with Crippen LogP contribution in [0.4, 0.5) is 0 Å². The van der Waals surface area contributed by atoms with Crippen LogP contribution in [0.2, 0.25) is 0 Å². The van der Waals surface area contributed by atoms with Gasteiger partial charge in [-0.3, -0.25) is 0 Å². The lowest BCUT2D eigenvalue weighted by Crippen LogP contribution is -2.40. The molecular weight excluding hydrogens is 174 g/mol. The fourth-order valence-corrected chi connectivity index (χ4v) is 3.77. The molecule has 3 aliphatic rings. The lowest BCUT2D eigenvalue weighted by molar-refractivity contribution is 0.00887. The second-order valence-electron chi connectivity index (χ2n) is 5.51. The largest absolute Gasteiger partial charge is 0.391 e. The third-order valence-electron chi connectivity index (χ3n) is 4.70. The SMILES string of the molecule is N#CC1(C(O)C2CC2)CC2CCC1C2. The number of aliphatic hydroxyl groups is 1. The molecule has 2 bridgehead atoms. The van der Waals surface area contributed by atoms with E-state index in [2.05, 4.69) is 6.07 Å². The summed E-state index contributed by atoms with van der Waals surface area (Å²) in [6, 6.07) is 2.48. The molecule has 0 aliphatic heterocycles. The fourth-order valence-electron chi connectivity index (χ4n) is 3.77. The summed E-state index contributed by atoms with van der Waals surface area (Å²) in [6.45, 7) is 0. The summed E-state index contributed by atoms with van der Waals surface area (Å²) in [7, 11) is 0. The summed E-state index contributed by atoms with van der Waals surface area (Å²) in [5, 5.41) is 19.6. The lowest BCUT2D eigenvalue weighted by Gasteiger charge is -2.35. The molecule has 0 spiro atoms. The van der Waals surface area contributed by atoms with Gasteiger partial charge in [0.25, 0.3) is 0 Å². The second kappa shape index (κ2) is 2.73. The summed E-state index contributed by atoms with van der Waals surface area (Å²) in [5.41, 5.74) is -0.343. The third-order valence-corrected chi connectivity index (χ3v) is 4.70. The summed E-state index contributed by atoms with van der Waals surface area (Å²) < 4.78 is 0. The van der Waals surface area contributed by atoms with Crippen LogP contribution in [0.15, 0.2) is 0 Å². The van der Waals surface area contributed by atoms with Crippen LogP contribution in [0.1, 0.15) is 38.5 Å². The molecule has 14 heavy (non-hydrogen) atoms. The van der Waals surface area contributed by atoms with E-state index >= 15 is 0 Å². The Labute approximate surface area is 84.9 Å². The van der Waals surface area contributed by atoms with Crippen LogP contribution in [0, 0.1) is 34.5 Å². The highest BCUT2D eigenvalue weighted by atomic mass is 16.3. The van der Waals surface area contributed by atoms with Crippen molar-refractivity contribution in [1.29, 1.82) is 5.26 Å². The van der Waals surface area contributed by atoms with Gasteiger partial charge in [-0.1, -0.05) is 6.42 Å². The van der Waals surface area contributed by atoms with Crippen molar-refractivity contribution in [2.24, 2.45) is 23.2 Å². The predicted octanol–water partition coefficient (Wildman–Crippen LogP) is 2.09. The Bertz CT molecular complexity index is 291. The summed E-state index contributed by atoms with van der Waals surface area (Å²) >= 11 is 0. The zero-order valence-electron chi connectivity index (χ0n) is 8.45. The van der Waals surface area contributed by atoms with E-state index in [1.807, 2.05) is 0 Å². The summed E-state index contributed by atoms with van der Waals surface area (Å²) in [6.07, 6.45) is 6.63. The molecule has 2 nitrogen and oxygen atoms in total. The van der Waals surface area contributed by atoms with Crippen molar-refractivity contribution in [2.75, 3.05) is 0 Å². The van der Waals surface area contributed by atoms with Crippen molar-refractivity contribution in [1.82, 2.24) is 0 Å². The van der Waals surface area contributed by atoms with Gasteiger partial charge in [0.1, 0.15) is 0 Å². The highest BCUT2D eigenvalue weighted by Gasteiger charge is 2.58. The molecule has 76 valence electrons. The lowest BCUT2D eigenvalue weighted by atomic mass is 9.69. The predicted molar refractivity (Wildman–Crippen MR) is 52.2 cm³/mol. The Morgan fingerprint density at radius 2 is 2.07 bits per heavy atom. The summed E-state index contributed by atoms with van der Waals surface area (Å²) in [5.74, 6) is 1.70. The molecule has 1 N–H and O–H groups in total. The van der Waals surface area contributed by atoms with Crippen LogP contribution in [-0.4, -0.2) is 11.2 Å². The van der Waals surface area contributed by atoms with Gasteiger partial charge >= 0.3 is 0 Å². The molecule has 4 atom stereocenters. The average Bonchev–Trinajstić information content (AvgIpc) is 2.87. The topological polar surface area (TPSA) is 44.0 Å².